The van der Waals surface area contributed by atoms with Gasteiger partial charge in [-0.15, -0.1) is 0 Å². The number of rotatable bonds is 79. The van der Waals surface area contributed by atoms with E-state index in [1.807, 2.05) is 0 Å². The number of allylic oxidation sites excluding steroid dienone is 16. The summed E-state index contributed by atoms with van der Waals surface area (Å²) in [5, 5.41) is 20.6. The molecule has 5 unspecified atom stereocenters. The van der Waals surface area contributed by atoms with E-state index in [4.69, 9.17) is 32.3 Å². The van der Waals surface area contributed by atoms with Crippen molar-refractivity contribution >= 4 is 33.6 Å². The number of aliphatic hydroxyl groups excluding tert-OH is 2. The minimum absolute atomic E-state index is 0.107. The molecule has 0 aromatic rings. The summed E-state index contributed by atoms with van der Waals surface area (Å²) in [5.74, 6) is -1.57. The molecule has 0 radical (unpaired) electrons. The molecule has 598 valence electrons. The molecule has 0 rings (SSSR count). The first kappa shape index (κ1) is 99.5. The van der Waals surface area contributed by atoms with Gasteiger partial charge >= 0.3 is 33.6 Å². The third kappa shape index (κ3) is 79.3. The van der Waals surface area contributed by atoms with E-state index in [0.29, 0.717) is 19.3 Å². The van der Waals surface area contributed by atoms with E-state index in [2.05, 4.69) is 118 Å². The zero-order valence-corrected chi connectivity index (χ0v) is 67.3. The molecule has 0 aliphatic carbocycles. The van der Waals surface area contributed by atoms with Crippen LogP contribution in [0.1, 0.15) is 367 Å². The molecule has 0 aromatic heterocycles. The minimum atomic E-state index is -4.93. The number of phosphoric ester groups is 2. The highest BCUT2D eigenvalue weighted by Crippen LogP contribution is 2.45. The van der Waals surface area contributed by atoms with Crippen LogP contribution in [0.15, 0.2) is 97.2 Å². The topological polar surface area (TPSA) is 231 Å². The fourth-order valence-corrected chi connectivity index (χ4v) is 13.0. The molecule has 5 atom stereocenters. The molecule has 0 fully saturated rings. The van der Waals surface area contributed by atoms with Gasteiger partial charge in [0.25, 0.3) is 0 Å². The van der Waals surface area contributed by atoms with E-state index in [0.717, 1.165) is 122 Å². The third-order valence-electron chi connectivity index (χ3n) is 17.8. The van der Waals surface area contributed by atoms with Crippen molar-refractivity contribution in [2.45, 2.75) is 386 Å². The molecular weight excluding hydrogens is 1340 g/mol. The van der Waals surface area contributed by atoms with E-state index in [9.17, 15) is 43.5 Å². The molecule has 103 heavy (non-hydrogen) atoms. The lowest BCUT2D eigenvalue weighted by atomic mass is 10.0. The van der Waals surface area contributed by atoms with Crippen LogP contribution >= 0.6 is 15.6 Å². The first-order valence-corrected chi connectivity index (χ1v) is 44.5. The number of hydrogen-bond acceptors (Lipinski definition) is 14. The molecule has 0 spiro atoms. The summed E-state index contributed by atoms with van der Waals surface area (Å²) in [7, 11) is -9.78. The van der Waals surface area contributed by atoms with Gasteiger partial charge in [0.1, 0.15) is 25.4 Å². The molecular formula is C85H152O16P2. The van der Waals surface area contributed by atoms with Crippen molar-refractivity contribution in [2.24, 2.45) is 0 Å². The Labute approximate surface area is 628 Å². The largest absolute Gasteiger partial charge is 0.472 e. The van der Waals surface area contributed by atoms with Crippen LogP contribution in [0.5, 0.6) is 0 Å². The van der Waals surface area contributed by atoms with Crippen molar-refractivity contribution in [3.8, 4) is 0 Å². The van der Waals surface area contributed by atoms with Gasteiger partial charge in [-0.3, -0.25) is 32.5 Å². The van der Waals surface area contributed by atoms with Crippen LogP contribution in [-0.4, -0.2) is 95.9 Å². The van der Waals surface area contributed by atoms with Crippen molar-refractivity contribution < 1.29 is 75.8 Å². The zero-order valence-electron chi connectivity index (χ0n) is 65.5. The van der Waals surface area contributed by atoms with Crippen LogP contribution in [0.25, 0.3) is 0 Å². The molecule has 16 nitrogen and oxygen atoms in total. The van der Waals surface area contributed by atoms with Gasteiger partial charge in [0.2, 0.25) is 0 Å². The van der Waals surface area contributed by atoms with Crippen LogP contribution < -0.4 is 0 Å². The molecule has 0 heterocycles. The molecule has 0 bridgehead atoms. The fraction of sp³-hybridized carbons (Fsp3) is 0.776. The van der Waals surface area contributed by atoms with Gasteiger partial charge in [-0.25, -0.2) is 9.13 Å². The Morgan fingerprint density at radius 1 is 0.272 bits per heavy atom. The van der Waals surface area contributed by atoms with Gasteiger partial charge < -0.3 is 34.2 Å². The van der Waals surface area contributed by atoms with Crippen molar-refractivity contribution in [3.63, 3.8) is 0 Å². The van der Waals surface area contributed by atoms with E-state index in [1.165, 1.54) is 186 Å². The van der Waals surface area contributed by atoms with Gasteiger partial charge in [0.15, 0.2) is 6.10 Å². The highest BCUT2D eigenvalue weighted by Gasteiger charge is 2.29. The maximum absolute atomic E-state index is 13.0. The summed E-state index contributed by atoms with van der Waals surface area (Å²) >= 11 is 0. The maximum atomic E-state index is 13.0. The lowest BCUT2D eigenvalue weighted by Gasteiger charge is -2.21. The van der Waals surface area contributed by atoms with Crippen molar-refractivity contribution in [1.82, 2.24) is 0 Å². The van der Waals surface area contributed by atoms with E-state index < -0.39 is 91.5 Å². The van der Waals surface area contributed by atoms with Gasteiger partial charge in [-0.1, -0.05) is 336 Å². The fourth-order valence-electron chi connectivity index (χ4n) is 11.4. The number of carbonyl (C=O) groups is 3. The van der Waals surface area contributed by atoms with Crippen molar-refractivity contribution in [1.29, 1.82) is 0 Å². The average Bonchev–Trinajstić information content (AvgIpc) is 0.923. The lowest BCUT2D eigenvalue weighted by Crippen LogP contribution is -2.30. The number of ether oxygens (including phenoxy) is 3. The highest BCUT2D eigenvalue weighted by atomic mass is 31.2. The molecule has 0 aliphatic rings. The predicted molar refractivity (Wildman–Crippen MR) is 427 cm³/mol. The zero-order chi connectivity index (χ0) is 75.2. The summed E-state index contributed by atoms with van der Waals surface area (Å²) < 4.78 is 61.2. The SMILES string of the molecule is CCCCC/C=C\C/C=C\C/C=C\C/C=C\CCCCCCCCCCCCCCCC(=O)OCC(O)COP(=O)(O)OCC(O)COP(=O)(O)OCC(COC(=O)CCCCCCCCCCC/C=C\C/C=C\C/C=C\C/C=C\CCCCC)OC(=O)CCCCCCCCCCCCCCC. The number of hydrogen-bond donors (Lipinski definition) is 4. The summed E-state index contributed by atoms with van der Waals surface area (Å²) in [6.07, 6.45) is 90.2. The van der Waals surface area contributed by atoms with Gasteiger partial charge in [0.05, 0.1) is 26.4 Å². The summed E-state index contributed by atoms with van der Waals surface area (Å²) in [5.41, 5.74) is 0. The van der Waals surface area contributed by atoms with Crippen LogP contribution in [0, 0.1) is 0 Å². The minimum Gasteiger partial charge on any atom is -0.463 e. The third-order valence-corrected chi connectivity index (χ3v) is 19.7. The highest BCUT2D eigenvalue weighted by molar-refractivity contribution is 7.47. The Kier molecular flexibility index (Phi) is 75.4. The molecule has 0 amide bonds. The van der Waals surface area contributed by atoms with Crippen molar-refractivity contribution in [3.05, 3.63) is 97.2 Å². The molecule has 0 saturated heterocycles. The van der Waals surface area contributed by atoms with Gasteiger partial charge in [-0.2, -0.15) is 0 Å². The van der Waals surface area contributed by atoms with Crippen LogP contribution in [0.3, 0.4) is 0 Å². The van der Waals surface area contributed by atoms with Gasteiger partial charge in [0, 0.05) is 19.3 Å². The second-order valence-electron chi connectivity index (χ2n) is 27.9. The van der Waals surface area contributed by atoms with E-state index in [-0.39, 0.29) is 19.3 Å². The second-order valence-corrected chi connectivity index (χ2v) is 30.8. The number of carbonyl (C=O) groups excluding carboxylic acids is 3. The van der Waals surface area contributed by atoms with Crippen LogP contribution in [-0.2, 0) is 55.8 Å². The number of aliphatic hydroxyl groups is 2. The number of phosphoric acid groups is 2. The quantitative estimate of drug-likeness (QED) is 0.0146. The average molecular weight is 1490 g/mol. The standard InChI is InChI=1S/C85H152O16P2/c1-4-7-10-13-16-19-22-25-27-29-31-33-35-37-38-39-40-42-44-45-47-49-51-54-56-59-62-65-68-71-83(88)95-74-80(86)75-97-102(91,92)98-76-81(87)77-99-103(93,94)100-79-82(101-85(90)73-70-67-64-61-58-53-24-21-18-15-12-9-6-3)78-96-84(89)72-69-66-63-60-57-55-52-50-48-46-43-41-36-34-32-30-28-26-23-20-17-14-11-8-5-2/h16-17,19-20,25-28,31-34,37-38,41,43,80-82,86-87H,4-15,18,21-24,29-30,35-36,39-40,42,44-79H2,1-3H3,(H,91,92)(H,93,94)/b19-16-,20-17-,27-25-,28-26-,33-31-,34-32-,38-37-,43-41-. The smallest absolute Gasteiger partial charge is 0.463 e. The molecule has 4 N–H and O–H groups in total. The van der Waals surface area contributed by atoms with E-state index in [1.54, 1.807) is 0 Å². The first-order chi connectivity index (χ1) is 50.2. The molecule has 18 heteroatoms. The normalized spacial score (nSPS) is 14.4. The molecule has 0 saturated carbocycles. The summed E-state index contributed by atoms with van der Waals surface area (Å²) in [6, 6.07) is 0. The van der Waals surface area contributed by atoms with E-state index >= 15 is 0 Å². The van der Waals surface area contributed by atoms with Crippen molar-refractivity contribution in [2.75, 3.05) is 39.6 Å². The Balaban J connectivity index is 4.48. The summed E-state index contributed by atoms with van der Waals surface area (Å²) in [4.78, 5) is 58.7. The Morgan fingerprint density at radius 2 is 0.485 bits per heavy atom. The molecule has 0 aliphatic heterocycles. The maximum Gasteiger partial charge on any atom is 0.472 e. The second kappa shape index (κ2) is 78.1. The lowest BCUT2D eigenvalue weighted by molar-refractivity contribution is -0.161. The summed E-state index contributed by atoms with van der Waals surface area (Å²) in [6.45, 7) is 2.67. The van der Waals surface area contributed by atoms with Gasteiger partial charge in [-0.05, 0) is 109 Å². The Bertz CT molecular complexity index is 2260. The predicted octanol–water partition coefficient (Wildman–Crippen LogP) is 24.5. The van der Waals surface area contributed by atoms with Crippen LogP contribution in [0.2, 0.25) is 0 Å². The number of unbranched alkanes of at least 4 members (excludes halogenated alkanes) is 40. The Hall–Kier alpha value is -3.53. The molecule has 0 aromatic carbocycles. The van der Waals surface area contributed by atoms with Crippen LogP contribution in [0.4, 0.5) is 0 Å². The Morgan fingerprint density at radius 3 is 0.786 bits per heavy atom. The monoisotopic (exact) mass is 1490 g/mol. The number of esters is 3. The first-order valence-electron chi connectivity index (χ1n) is 41.5.